The first-order valence-corrected chi connectivity index (χ1v) is 10.4. The van der Waals surface area contributed by atoms with Crippen LogP contribution in [0.4, 0.5) is 19.3 Å². The van der Waals surface area contributed by atoms with Crippen LogP contribution in [0.1, 0.15) is 40.5 Å². The summed E-state index contributed by atoms with van der Waals surface area (Å²) in [6.45, 7) is 9.00. The van der Waals surface area contributed by atoms with Crippen LogP contribution in [0.2, 0.25) is 0 Å². The molecule has 1 unspecified atom stereocenters. The fraction of sp³-hybridized carbons (Fsp3) is 0.591. The van der Waals surface area contributed by atoms with E-state index >= 15 is 0 Å². The van der Waals surface area contributed by atoms with Gasteiger partial charge in [-0.1, -0.05) is 6.92 Å². The molecule has 1 fully saturated rings. The summed E-state index contributed by atoms with van der Waals surface area (Å²) < 4.78 is 31.7. The standard InChI is InChI=1S/C22H31F2N3O4/c1-15(13-17(28)7-8-25-21(30)31-22(2,3)4)20(29)27-11-9-26(10-12-27)16-5-6-18(23)19(24)14-16/h5-6,14-15H,7-13H2,1-4H3,(H,25,30). The minimum absolute atomic E-state index is 0.0955. The number of rotatable bonds is 7. The number of piperazine rings is 1. The Hall–Kier alpha value is -2.71. The van der Waals surface area contributed by atoms with Crippen LogP contribution in [0, 0.1) is 17.6 Å². The molecule has 0 aromatic heterocycles. The number of hydrogen-bond acceptors (Lipinski definition) is 5. The Morgan fingerprint density at radius 1 is 1.10 bits per heavy atom. The van der Waals surface area contributed by atoms with Gasteiger partial charge in [0.15, 0.2) is 11.6 Å². The van der Waals surface area contributed by atoms with Crippen molar-refractivity contribution in [2.24, 2.45) is 5.92 Å². The first kappa shape index (κ1) is 24.6. The molecule has 1 atom stereocenters. The van der Waals surface area contributed by atoms with Crippen molar-refractivity contribution in [1.82, 2.24) is 10.2 Å². The zero-order valence-electron chi connectivity index (χ0n) is 18.5. The summed E-state index contributed by atoms with van der Waals surface area (Å²) in [7, 11) is 0. The molecule has 0 saturated carbocycles. The zero-order valence-corrected chi connectivity index (χ0v) is 18.5. The van der Waals surface area contributed by atoms with Gasteiger partial charge >= 0.3 is 6.09 Å². The highest BCUT2D eigenvalue weighted by atomic mass is 19.2. The summed E-state index contributed by atoms with van der Waals surface area (Å²) in [5, 5.41) is 2.53. The SMILES string of the molecule is CC(CC(=O)CCNC(=O)OC(C)(C)C)C(=O)N1CCN(c2ccc(F)c(F)c2)CC1. The number of benzene rings is 1. The van der Waals surface area contributed by atoms with E-state index in [1.54, 1.807) is 32.6 Å². The Balaban J connectivity index is 1.73. The number of ketones is 1. The van der Waals surface area contributed by atoms with Crippen LogP contribution in [0.25, 0.3) is 0 Å². The van der Waals surface area contributed by atoms with Crippen molar-refractivity contribution < 1.29 is 27.9 Å². The van der Waals surface area contributed by atoms with Gasteiger partial charge in [-0.3, -0.25) is 9.59 Å². The molecule has 31 heavy (non-hydrogen) atoms. The zero-order chi connectivity index (χ0) is 23.2. The van der Waals surface area contributed by atoms with Crippen LogP contribution >= 0.6 is 0 Å². The second-order valence-electron chi connectivity index (χ2n) is 8.73. The number of halogens is 2. The van der Waals surface area contributed by atoms with Crippen molar-refractivity contribution in [3.63, 3.8) is 0 Å². The molecule has 1 N–H and O–H groups in total. The van der Waals surface area contributed by atoms with E-state index in [4.69, 9.17) is 4.74 Å². The Labute approximate surface area is 181 Å². The van der Waals surface area contributed by atoms with Crippen molar-refractivity contribution in [1.29, 1.82) is 0 Å². The Morgan fingerprint density at radius 3 is 2.32 bits per heavy atom. The summed E-state index contributed by atoms with van der Waals surface area (Å²) in [5.41, 5.74) is -0.0316. The molecule has 2 amide bonds. The third-order valence-electron chi connectivity index (χ3n) is 4.89. The van der Waals surface area contributed by atoms with E-state index in [1.165, 1.54) is 6.07 Å². The number of Topliss-reactive ketones (excluding diaryl/α,β-unsaturated/α-hetero) is 1. The molecule has 0 aliphatic carbocycles. The highest BCUT2D eigenvalue weighted by Crippen LogP contribution is 2.20. The van der Waals surface area contributed by atoms with Gasteiger partial charge in [-0.05, 0) is 32.9 Å². The van der Waals surface area contributed by atoms with E-state index in [0.717, 1.165) is 12.1 Å². The maximum absolute atomic E-state index is 13.4. The maximum atomic E-state index is 13.4. The van der Waals surface area contributed by atoms with Crippen LogP contribution in [0.3, 0.4) is 0 Å². The third-order valence-corrected chi connectivity index (χ3v) is 4.89. The topological polar surface area (TPSA) is 78.9 Å². The molecule has 1 aromatic rings. The molecule has 0 spiro atoms. The number of alkyl carbamates (subject to hydrolysis) is 1. The van der Waals surface area contributed by atoms with Crippen molar-refractivity contribution >= 4 is 23.5 Å². The molecular weight excluding hydrogens is 408 g/mol. The normalized spacial score (nSPS) is 15.4. The van der Waals surface area contributed by atoms with Gasteiger partial charge in [0.1, 0.15) is 11.4 Å². The third kappa shape index (κ3) is 7.80. The summed E-state index contributed by atoms with van der Waals surface area (Å²) in [5.74, 6) is -2.48. The van der Waals surface area contributed by atoms with E-state index in [1.807, 2.05) is 4.90 Å². The van der Waals surface area contributed by atoms with Gasteiger partial charge in [-0.15, -0.1) is 0 Å². The van der Waals surface area contributed by atoms with Gasteiger partial charge in [-0.25, -0.2) is 13.6 Å². The number of carbonyl (C=O) groups is 3. The first-order chi connectivity index (χ1) is 14.5. The molecule has 1 saturated heterocycles. The minimum Gasteiger partial charge on any atom is -0.444 e. The molecule has 1 aliphatic rings. The lowest BCUT2D eigenvalue weighted by molar-refractivity contribution is -0.137. The number of ether oxygens (including phenoxy) is 1. The minimum atomic E-state index is -0.899. The van der Waals surface area contributed by atoms with Gasteiger partial charge in [-0.2, -0.15) is 0 Å². The number of hydrogen-bond donors (Lipinski definition) is 1. The fourth-order valence-electron chi connectivity index (χ4n) is 3.33. The largest absolute Gasteiger partial charge is 0.444 e. The van der Waals surface area contributed by atoms with E-state index < -0.39 is 29.2 Å². The lowest BCUT2D eigenvalue weighted by atomic mass is 10.0. The highest BCUT2D eigenvalue weighted by molar-refractivity contribution is 5.87. The van der Waals surface area contributed by atoms with Gasteiger partial charge in [0.05, 0.1) is 0 Å². The average Bonchev–Trinajstić information content (AvgIpc) is 2.68. The van der Waals surface area contributed by atoms with E-state index in [2.05, 4.69) is 5.32 Å². The Bertz CT molecular complexity index is 802. The predicted octanol–water partition coefficient (Wildman–Crippen LogP) is 3.12. The monoisotopic (exact) mass is 439 g/mol. The maximum Gasteiger partial charge on any atom is 0.407 e. The van der Waals surface area contributed by atoms with Gasteiger partial charge in [0.25, 0.3) is 0 Å². The van der Waals surface area contributed by atoms with Crippen LogP contribution < -0.4 is 10.2 Å². The molecule has 0 radical (unpaired) electrons. The van der Waals surface area contributed by atoms with Crippen molar-refractivity contribution in [2.45, 2.75) is 46.1 Å². The van der Waals surface area contributed by atoms with Crippen LogP contribution in [0.15, 0.2) is 18.2 Å². The van der Waals surface area contributed by atoms with E-state index in [9.17, 15) is 23.2 Å². The highest BCUT2D eigenvalue weighted by Gasteiger charge is 2.26. The second kappa shape index (κ2) is 10.5. The van der Waals surface area contributed by atoms with E-state index in [0.29, 0.717) is 31.9 Å². The lowest BCUT2D eigenvalue weighted by Gasteiger charge is -2.37. The smallest absolute Gasteiger partial charge is 0.407 e. The molecule has 1 aliphatic heterocycles. The van der Waals surface area contributed by atoms with Gasteiger partial charge in [0.2, 0.25) is 5.91 Å². The number of anilines is 1. The number of carbonyl (C=O) groups excluding carboxylic acids is 3. The average molecular weight is 440 g/mol. The van der Waals surface area contributed by atoms with Crippen molar-refractivity contribution in [2.75, 3.05) is 37.6 Å². The number of nitrogens with one attached hydrogen (secondary N) is 1. The van der Waals surface area contributed by atoms with Crippen LogP contribution in [0.5, 0.6) is 0 Å². The van der Waals surface area contributed by atoms with Crippen molar-refractivity contribution in [3.8, 4) is 0 Å². The predicted molar refractivity (Wildman–Crippen MR) is 113 cm³/mol. The summed E-state index contributed by atoms with van der Waals surface area (Å²) in [6.07, 6.45) is -0.359. The van der Waals surface area contributed by atoms with Crippen molar-refractivity contribution in [3.05, 3.63) is 29.8 Å². The van der Waals surface area contributed by atoms with Gasteiger partial charge in [0, 0.05) is 63.2 Å². The Kier molecular flexibility index (Phi) is 8.36. The van der Waals surface area contributed by atoms with Crippen LogP contribution in [-0.2, 0) is 14.3 Å². The quantitative estimate of drug-likeness (QED) is 0.706. The van der Waals surface area contributed by atoms with E-state index in [-0.39, 0.29) is 31.1 Å². The lowest BCUT2D eigenvalue weighted by Crippen LogP contribution is -2.50. The second-order valence-corrected chi connectivity index (χ2v) is 8.73. The molecule has 1 heterocycles. The molecule has 172 valence electrons. The molecule has 7 nitrogen and oxygen atoms in total. The molecule has 0 bridgehead atoms. The molecular formula is C22H31F2N3O4. The fourth-order valence-corrected chi connectivity index (χ4v) is 3.33. The van der Waals surface area contributed by atoms with Gasteiger partial charge < -0.3 is 19.9 Å². The summed E-state index contributed by atoms with van der Waals surface area (Å²) in [6, 6.07) is 3.76. The molecule has 2 rings (SSSR count). The Morgan fingerprint density at radius 2 is 1.74 bits per heavy atom. The first-order valence-electron chi connectivity index (χ1n) is 10.4. The molecule has 1 aromatic carbocycles. The molecule has 9 heteroatoms. The van der Waals surface area contributed by atoms with Crippen LogP contribution in [-0.4, -0.2) is 61.0 Å². The summed E-state index contributed by atoms with van der Waals surface area (Å²) in [4.78, 5) is 40.0. The number of nitrogens with zero attached hydrogens (tertiary/aromatic N) is 2. The summed E-state index contributed by atoms with van der Waals surface area (Å²) >= 11 is 0. The number of amides is 2.